The topological polar surface area (TPSA) is 103 Å². The molecule has 1 fully saturated rings. The molecule has 0 aliphatic carbocycles. The number of ketones is 1. The second-order valence-electron chi connectivity index (χ2n) is 8.24. The molecule has 7 nitrogen and oxygen atoms in total. The Labute approximate surface area is 204 Å². The van der Waals surface area contributed by atoms with Gasteiger partial charge in [-0.1, -0.05) is 11.6 Å². The first-order valence-electron chi connectivity index (χ1n) is 11.1. The Bertz CT molecular complexity index is 1070. The minimum atomic E-state index is -0.437. The molecule has 0 bridgehead atoms. The van der Waals surface area contributed by atoms with Crippen molar-refractivity contribution in [3.05, 3.63) is 70.3 Å². The zero-order valence-corrected chi connectivity index (χ0v) is 19.8. The van der Waals surface area contributed by atoms with Crippen LogP contribution >= 0.6 is 11.6 Å². The summed E-state index contributed by atoms with van der Waals surface area (Å²) >= 11 is 5.91. The number of hydrogen-bond acceptors (Lipinski definition) is 6. The number of methoxy groups -OCH3 is 1. The molecule has 0 spiro atoms. The molecule has 0 radical (unpaired) electrons. The smallest absolute Gasteiger partial charge is 0.244 e. The van der Waals surface area contributed by atoms with Gasteiger partial charge in [-0.2, -0.15) is 5.26 Å². The van der Waals surface area contributed by atoms with Crippen molar-refractivity contribution in [3.8, 4) is 11.8 Å². The highest BCUT2D eigenvalue weighted by molar-refractivity contribution is 6.30. The molecule has 3 rings (SSSR count). The maximum absolute atomic E-state index is 12.7. The van der Waals surface area contributed by atoms with Gasteiger partial charge in [-0.15, -0.1) is 0 Å². The number of likely N-dealkylation sites (tertiary alicyclic amines) is 1. The lowest BCUT2D eigenvalue weighted by Gasteiger charge is -2.33. The Morgan fingerprint density at radius 3 is 2.59 bits per heavy atom. The van der Waals surface area contributed by atoms with Crippen LogP contribution in [0.1, 0.15) is 34.3 Å². The number of aliphatic hydroxyl groups is 1. The molecule has 0 aromatic heterocycles. The number of aliphatic hydroxyl groups excluding tert-OH is 1. The molecule has 1 atom stereocenters. The Morgan fingerprint density at radius 2 is 1.97 bits per heavy atom. The van der Waals surface area contributed by atoms with Gasteiger partial charge < -0.3 is 20.1 Å². The summed E-state index contributed by atoms with van der Waals surface area (Å²) in [6.45, 7) is 1.72. The first kappa shape index (κ1) is 25.4. The van der Waals surface area contributed by atoms with Crippen molar-refractivity contribution in [2.24, 2.45) is 5.92 Å². The number of hydrogen-bond donors (Lipinski definition) is 2. The zero-order valence-electron chi connectivity index (χ0n) is 19.0. The number of Topliss-reactive ketones (excluding diaryl/α,β-unsaturated/α-hetero) is 1. The number of amides is 1. The van der Waals surface area contributed by atoms with Gasteiger partial charge in [0, 0.05) is 34.7 Å². The van der Waals surface area contributed by atoms with Crippen molar-refractivity contribution in [2.75, 3.05) is 33.4 Å². The molecule has 34 heavy (non-hydrogen) atoms. The summed E-state index contributed by atoms with van der Waals surface area (Å²) in [6, 6.07) is 13.5. The lowest BCUT2D eigenvalue weighted by Crippen LogP contribution is -2.48. The van der Waals surface area contributed by atoms with Crippen LogP contribution in [-0.4, -0.2) is 61.1 Å². The SMILES string of the molecule is COc1ccc(C#N)cc1C=CC(=O)N[C@H](CO)CN1CCC(C(=O)c2ccc(Cl)cc2)CC1. The minimum Gasteiger partial charge on any atom is -0.496 e. The summed E-state index contributed by atoms with van der Waals surface area (Å²) in [7, 11) is 1.52. The standard InChI is InChI=1S/C26H28ClN3O4/c1-34-24-8-2-18(15-28)14-21(24)5-9-25(32)29-23(17-31)16-30-12-10-20(11-13-30)26(33)19-3-6-22(27)7-4-19/h2-9,14,20,23,31H,10-13,16-17H2,1H3,(H,29,32)/t23-/m0/s1. The van der Waals surface area contributed by atoms with Crippen molar-refractivity contribution >= 4 is 29.4 Å². The monoisotopic (exact) mass is 481 g/mol. The number of rotatable bonds is 9. The quantitative estimate of drug-likeness (QED) is 0.421. The van der Waals surface area contributed by atoms with Gasteiger partial charge in [0.2, 0.25) is 5.91 Å². The van der Waals surface area contributed by atoms with Crippen molar-refractivity contribution in [1.29, 1.82) is 5.26 Å². The average Bonchev–Trinajstić information content (AvgIpc) is 2.87. The van der Waals surface area contributed by atoms with E-state index in [1.807, 2.05) is 0 Å². The maximum Gasteiger partial charge on any atom is 0.244 e. The number of carbonyl (C=O) groups excluding carboxylic acids is 2. The van der Waals surface area contributed by atoms with Crippen molar-refractivity contribution in [3.63, 3.8) is 0 Å². The van der Waals surface area contributed by atoms with Gasteiger partial charge in [0.05, 0.1) is 31.4 Å². The molecule has 1 aliphatic rings. The van der Waals surface area contributed by atoms with Gasteiger partial charge >= 0.3 is 0 Å². The van der Waals surface area contributed by atoms with Crippen LogP contribution in [0.4, 0.5) is 0 Å². The van der Waals surface area contributed by atoms with Gasteiger partial charge in [-0.05, 0) is 74.5 Å². The second kappa shape index (κ2) is 12.3. The number of nitriles is 1. The molecule has 1 amide bonds. The van der Waals surface area contributed by atoms with E-state index >= 15 is 0 Å². The Hall–Kier alpha value is -3.18. The van der Waals surface area contributed by atoms with Crippen LogP contribution in [-0.2, 0) is 4.79 Å². The minimum absolute atomic E-state index is 0.0401. The first-order chi connectivity index (χ1) is 16.4. The number of benzene rings is 2. The second-order valence-corrected chi connectivity index (χ2v) is 8.67. The fourth-order valence-electron chi connectivity index (χ4n) is 4.04. The number of halogens is 1. The molecule has 2 aromatic rings. The molecule has 8 heteroatoms. The molecule has 0 unspecified atom stereocenters. The summed E-state index contributed by atoms with van der Waals surface area (Å²) in [5, 5.41) is 22.3. The third kappa shape index (κ3) is 6.91. The Balaban J connectivity index is 1.51. The normalized spacial score (nSPS) is 15.6. The number of nitrogens with one attached hydrogen (secondary N) is 1. The molecular formula is C26H28ClN3O4. The van der Waals surface area contributed by atoms with Gasteiger partial charge in [-0.3, -0.25) is 9.59 Å². The summed E-state index contributed by atoms with van der Waals surface area (Å²) < 4.78 is 5.27. The van der Waals surface area contributed by atoms with Crippen LogP contribution < -0.4 is 10.1 Å². The van der Waals surface area contributed by atoms with Crippen LogP contribution in [0.15, 0.2) is 48.5 Å². The molecule has 2 N–H and O–H groups in total. The summed E-state index contributed by atoms with van der Waals surface area (Å²) in [5.41, 5.74) is 1.75. The van der Waals surface area contributed by atoms with Gasteiger partial charge in [0.1, 0.15) is 5.75 Å². The van der Waals surface area contributed by atoms with Gasteiger partial charge in [-0.25, -0.2) is 0 Å². The predicted octanol–water partition coefficient (Wildman–Crippen LogP) is 3.31. The van der Waals surface area contributed by atoms with E-state index in [4.69, 9.17) is 21.6 Å². The molecular weight excluding hydrogens is 454 g/mol. The fourth-order valence-corrected chi connectivity index (χ4v) is 4.16. The van der Waals surface area contributed by atoms with E-state index in [1.54, 1.807) is 48.5 Å². The van der Waals surface area contributed by atoms with Crippen LogP contribution in [0.5, 0.6) is 5.75 Å². The zero-order chi connectivity index (χ0) is 24.5. The molecule has 178 valence electrons. The summed E-state index contributed by atoms with van der Waals surface area (Å²) in [6.07, 6.45) is 4.39. The predicted molar refractivity (Wildman–Crippen MR) is 131 cm³/mol. The van der Waals surface area contributed by atoms with E-state index in [0.29, 0.717) is 47.1 Å². The number of piperidine rings is 1. The lowest BCUT2D eigenvalue weighted by molar-refractivity contribution is -0.117. The van der Waals surface area contributed by atoms with Gasteiger partial charge in [0.25, 0.3) is 0 Å². The van der Waals surface area contributed by atoms with Crippen molar-refractivity contribution in [1.82, 2.24) is 10.2 Å². The van der Waals surface area contributed by atoms with E-state index in [2.05, 4.69) is 16.3 Å². The lowest BCUT2D eigenvalue weighted by atomic mass is 9.89. The molecule has 1 saturated heterocycles. The molecule has 0 saturated carbocycles. The molecule has 2 aromatic carbocycles. The third-order valence-corrected chi connectivity index (χ3v) is 6.16. The highest BCUT2D eigenvalue weighted by Gasteiger charge is 2.27. The van der Waals surface area contributed by atoms with E-state index in [0.717, 1.165) is 12.8 Å². The van der Waals surface area contributed by atoms with E-state index in [1.165, 1.54) is 13.2 Å². The van der Waals surface area contributed by atoms with Crippen LogP contribution in [0.25, 0.3) is 6.08 Å². The number of carbonyl (C=O) groups is 2. The number of ether oxygens (including phenoxy) is 1. The largest absolute Gasteiger partial charge is 0.496 e. The third-order valence-electron chi connectivity index (χ3n) is 5.91. The Kier molecular flexibility index (Phi) is 9.23. The molecule has 1 aliphatic heterocycles. The first-order valence-corrected chi connectivity index (χ1v) is 11.5. The summed E-state index contributed by atoms with van der Waals surface area (Å²) in [5.74, 6) is 0.292. The van der Waals surface area contributed by atoms with E-state index < -0.39 is 6.04 Å². The van der Waals surface area contributed by atoms with Crippen LogP contribution in [0.3, 0.4) is 0 Å². The van der Waals surface area contributed by atoms with Crippen LogP contribution in [0, 0.1) is 17.2 Å². The van der Waals surface area contributed by atoms with E-state index in [9.17, 15) is 14.7 Å². The van der Waals surface area contributed by atoms with Crippen molar-refractivity contribution in [2.45, 2.75) is 18.9 Å². The Morgan fingerprint density at radius 1 is 1.26 bits per heavy atom. The van der Waals surface area contributed by atoms with Crippen LogP contribution in [0.2, 0.25) is 5.02 Å². The highest BCUT2D eigenvalue weighted by Crippen LogP contribution is 2.23. The maximum atomic E-state index is 12.7. The highest BCUT2D eigenvalue weighted by atomic mass is 35.5. The average molecular weight is 482 g/mol. The van der Waals surface area contributed by atoms with E-state index in [-0.39, 0.29) is 24.2 Å². The van der Waals surface area contributed by atoms with Gasteiger partial charge in [0.15, 0.2) is 5.78 Å². The molecule has 1 heterocycles. The number of nitrogens with zero attached hydrogens (tertiary/aromatic N) is 2. The summed E-state index contributed by atoms with van der Waals surface area (Å²) in [4.78, 5) is 27.3. The van der Waals surface area contributed by atoms with Crippen molar-refractivity contribution < 1.29 is 19.4 Å². The fraction of sp³-hybridized carbons (Fsp3) is 0.346.